The van der Waals surface area contributed by atoms with Crippen LogP contribution in [-0.2, 0) is 4.79 Å². The molecule has 1 atom stereocenters. The fraction of sp³-hybridized carbons (Fsp3) is 0.250. The molecule has 0 bridgehead atoms. The third-order valence-corrected chi connectivity index (χ3v) is 1.88. The Kier molecular flexibility index (Phi) is 4.54. The Morgan fingerprint density at radius 3 is 3.06 bits per heavy atom. The molecule has 0 aliphatic rings. The molecule has 0 spiro atoms. The maximum atomic E-state index is 11.3. The van der Waals surface area contributed by atoms with E-state index in [0.717, 1.165) is 0 Å². The standard InChI is InChI=1S/C12H16N2O2/c1-3-7-16-11-6-4-5-10(8-11)14-12(15)9(2)13/h3-6,8-9H,1,7,13H2,2H3,(H,14,15). The lowest BCUT2D eigenvalue weighted by Gasteiger charge is -2.09. The summed E-state index contributed by atoms with van der Waals surface area (Å²) >= 11 is 0. The van der Waals surface area contributed by atoms with Gasteiger partial charge in [-0.1, -0.05) is 18.7 Å². The molecule has 1 amide bonds. The van der Waals surface area contributed by atoms with Crippen LogP contribution >= 0.6 is 0 Å². The second-order valence-electron chi connectivity index (χ2n) is 3.41. The second kappa shape index (κ2) is 5.92. The van der Waals surface area contributed by atoms with E-state index in [9.17, 15) is 4.79 Å². The summed E-state index contributed by atoms with van der Waals surface area (Å²) in [5, 5.41) is 2.69. The number of hydrogen-bond acceptors (Lipinski definition) is 3. The Morgan fingerprint density at radius 1 is 1.69 bits per heavy atom. The van der Waals surface area contributed by atoms with Gasteiger partial charge in [-0.25, -0.2) is 0 Å². The fourth-order valence-electron chi connectivity index (χ4n) is 1.07. The highest BCUT2D eigenvalue weighted by Crippen LogP contribution is 2.17. The van der Waals surface area contributed by atoms with Gasteiger partial charge in [-0.15, -0.1) is 0 Å². The molecule has 0 aromatic heterocycles. The number of carbonyl (C=O) groups is 1. The molecule has 4 heteroatoms. The molecule has 0 aliphatic carbocycles. The first-order valence-corrected chi connectivity index (χ1v) is 5.03. The van der Waals surface area contributed by atoms with E-state index in [0.29, 0.717) is 18.0 Å². The van der Waals surface area contributed by atoms with Crippen molar-refractivity contribution in [3.05, 3.63) is 36.9 Å². The highest BCUT2D eigenvalue weighted by Gasteiger charge is 2.07. The molecule has 4 nitrogen and oxygen atoms in total. The van der Waals surface area contributed by atoms with Gasteiger partial charge in [-0.3, -0.25) is 4.79 Å². The van der Waals surface area contributed by atoms with Crippen LogP contribution in [0.4, 0.5) is 5.69 Å². The monoisotopic (exact) mass is 220 g/mol. The summed E-state index contributed by atoms with van der Waals surface area (Å²) in [5.41, 5.74) is 6.12. The van der Waals surface area contributed by atoms with Crippen molar-refractivity contribution in [3.8, 4) is 5.75 Å². The van der Waals surface area contributed by atoms with Crippen molar-refractivity contribution in [2.45, 2.75) is 13.0 Å². The summed E-state index contributed by atoms with van der Waals surface area (Å²) in [4.78, 5) is 11.3. The van der Waals surface area contributed by atoms with Crippen molar-refractivity contribution in [1.82, 2.24) is 0 Å². The zero-order chi connectivity index (χ0) is 12.0. The summed E-state index contributed by atoms with van der Waals surface area (Å²) in [6, 6.07) is 6.60. The van der Waals surface area contributed by atoms with Gasteiger partial charge >= 0.3 is 0 Å². The highest BCUT2D eigenvalue weighted by molar-refractivity contribution is 5.94. The normalized spacial score (nSPS) is 11.6. The van der Waals surface area contributed by atoms with Crippen LogP contribution in [0.3, 0.4) is 0 Å². The first kappa shape index (κ1) is 12.3. The van der Waals surface area contributed by atoms with E-state index in [2.05, 4.69) is 11.9 Å². The molecule has 1 rings (SSSR count). The largest absolute Gasteiger partial charge is 0.489 e. The van der Waals surface area contributed by atoms with Crippen molar-refractivity contribution in [2.75, 3.05) is 11.9 Å². The lowest BCUT2D eigenvalue weighted by Crippen LogP contribution is -2.32. The molecule has 1 aromatic carbocycles. The Hall–Kier alpha value is -1.81. The number of benzene rings is 1. The van der Waals surface area contributed by atoms with Gasteiger partial charge < -0.3 is 15.8 Å². The number of carbonyl (C=O) groups excluding carboxylic acids is 1. The van der Waals surface area contributed by atoms with Gasteiger partial charge in [0.05, 0.1) is 6.04 Å². The van der Waals surface area contributed by atoms with Gasteiger partial charge in [-0.2, -0.15) is 0 Å². The van der Waals surface area contributed by atoms with Crippen molar-refractivity contribution in [1.29, 1.82) is 0 Å². The Bertz CT molecular complexity index is 375. The lowest BCUT2D eigenvalue weighted by molar-refractivity contribution is -0.117. The molecular weight excluding hydrogens is 204 g/mol. The van der Waals surface area contributed by atoms with E-state index < -0.39 is 6.04 Å². The van der Waals surface area contributed by atoms with Crippen molar-refractivity contribution >= 4 is 11.6 Å². The summed E-state index contributed by atoms with van der Waals surface area (Å²) in [6.07, 6.45) is 1.66. The molecule has 0 radical (unpaired) electrons. The number of ether oxygens (including phenoxy) is 1. The third-order valence-electron chi connectivity index (χ3n) is 1.88. The first-order valence-electron chi connectivity index (χ1n) is 5.03. The van der Waals surface area contributed by atoms with E-state index in [-0.39, 0.29) is 5.91 Å². The second-order valence-corrected chi connectivity index (χ2v) is 3.41. The predicted octanol–water partition coefficient (Wildman–Crippen LogP) is 1.54. The van der Waals surface area contributed by atoms with Crippen LogP contribution in [0.1, 0.15) is 6.92 Å². The predicted molar refractivity (Wildman–Crippen MR) is 64.4 cm³/mol. The van der Waals surface area contributed by atoms with E-state index in [1.165, 1.54) is 0 Å². The maximum Gasteiger partial charge on any atom is 0.241 e. The Balaban J connectivity index is 2.66. The van der Waals surface area contributed by atoms with Gasteiger partial charge in [0.1, 0.15) is 12.4 Å². The average Bonchev–Trinajstić information content (AvgIpc) is 2.26. The first-order chi connectivity index (χ1) is 7.63. The van der Waals surface area contributed by atoms with Crippen LogP contribution in [0, 0.1) is 0 Å². The minimum absolute atomic E-state index is 0.221. The molecule has 0 heterocycles. The van der Waals surface area contributed by atoms with E-state index >= 15 is 0 Å². The van der Waals surface area contributed by atoms with Crippen LogP contribution in [0.2, 0.25) is 0 Å². The van der Waals surface area contributed by atoms with Gasteiger partial charge in [0.15, 0.2) is 0 Å². The summed E-state index contributed by atoms with van der Waals surface area (Å²) in [6.45, 7) is 5.63. The quantitative estimate of drug-likeness (QED) is 0.740. The van der Waals surface area contributed by atoms with Crippen LogP contribution in [-0.4, -0.2) is 18.6 Å². The van der Waals surface area contributed by atoms with Crippen molar-refractivity contribution in [2.24, 2.45) is 5.73 Å². The highest BCUT2D eigenvalue weighted by atomic mass is 16.5. The van der Waals surface area contributed by atoms with E-state index in [1.807, 2.05) is 6.07 Å². The molecule has 3 N–H and O–H groups in total. The smallest absolute Gasteiger partial charge is 0.241 e. The molecule has 86 valence electrons. The molecule has 0 fully saturated rings. The van der Waals surface area contributed by atoms with Crippen LogP contribution in [0.5, 0.6) is 5.75 Å². The Morgan fingerprint density at radius 2 is 2.44 bits per heavy atom. The van der Waals surface area contributed by atoms with Crippen molar-refractivity contribution < 1.29 is 9.53 Å². The number of nitrogens with two attached hydrogens (primary N) is 1. The average molecular weight is 220 g/mol. The lowest BCUT2D eigenvalue weighted by atomic mass is 10.2. The number of rotatable bonds is 5. The molecule has 1 unspecified atom stereocenters. The minimum Gasteiger partial charge on any atom is -0.489 e. The Labute approximate surface area is 95.1 Å². The zero-order valence-electron chi connectivity index (χ0n) is 9.27. The molecule has 16 heavy (non-hydrogen) atoms. The molecule has 0 saturated heterocycles. The molecule has 1 aromatic rings. The number of nitrogens with one attached hydrogen (secondary N) is 1. The maximum absolute atomic E-state index is 11.3. The van der Waals surface area contributed by atoms with Gasteiger partial charge in [-0.05, 0) is 19.1 Å². The minimum atomic E-state index is -0.530. The van der Waals surface area contributed by atoms with E-state index in [4.69, 9.17) is 10.5 Å². The summed E-state index contributed by atoms with van der Waals surface area (Å²) in [7, 11) is 0. The zero-order valence-corrected chi connectivity index (χ0v) is 9.27. The van der Waals surface area contributed by atoms with Gasteiger partial charge in [0, 0.05) is 11.8 Å². The van der Waals surface area contributed by atoms with Crippen molar-refractivity contribution in [3.63, 3.8) is 0 Å². The number of hydrogen-bond donors (Lipinski definition) is 2. The number of amides is 1. The molecular formula is C12H16N2O2. The fourth-order valence-corrected chi connectivity index (χ4v) is 1.07. The van der Waals surface area contributed by atoms with Crippen LogP contribution in [0.25, 0.3) is 0 Å². The van der Waals surface area contributed by atoms with Gasteiger partial charge in [0.2, 0.25) is 5.91 Å². The summed E-state index contributed by atoms with van der Waals surface area (Å²) < 4.78 is 5.34. The SMILES string of the molecule is C=CCOc1cccc(NC(=O)C(C)N)c1. The van der Waals surface area contributed by atoms with Gasteiger partial charge in [0.25, 0.3) is 0 Å². The van der Waals surface area contributed by atoms with Crippen LogP contribution < -0.4 is 15.8 Å². The number of anilines is 1. The van der Waals surface area contributed by atoms with Crippen LogP contribution in [0.15, 0.2) is 36.9 Å². The summed E-state index contributed by atoms with van der Waals surface area (Å²) in [5.74, 6) is 0.461. The topological polar surface area (TPSA) is 64.3 Å². The molecule has 0 aliphatic heterocycles. The van der Waals surface area contributed by atoms with E-state index in [1.54, 1.807) is 31.2 Å². The molecule has 0 saturated carbocycles. The third kappa shape index (κ3) is 3.74.